The van der Waals surface area contributed by atoms with Crippen molar-refractivity contribution < 1.29 is 8.83 Å². The van der Waals surface area contributed by atoms with Crippen molar-refractivity contribution in [2.75, 3.05) is 0 Å². The molecule has 2 aromatic heterocycles. The predicted molar refractivity (Wildman–Crippen MR) is 116 cm³/mol. The zero-order valence-electron chi connectivity index (χ0n) is 15.6. The quantitative estimate of drug-likeness (QED) is 0.335. The molecule has 0 spiro atoms. The summed E-state index contributed by atoms with van der Waals surface area (Å²) in [6.07, 6.45) is 0.848. The van der Waals surface area contributed by atoms with E-state index in [-0.39, 0.29) is 0 Å². The van der Waals surface area contributed by atoms with Crippen LogP contribution in [-0.4, -0.2) is 4.98 Å². The molecule has 0 aliphatic heterocycles. The number of nitrogens with zero attached hydrogens (tertiary/aromatic N) is 1. The van der Waals surface area contributed by atoms with Gasteiger partial charge in [0.2, 0.25) is 5.89 Å². The molecule has 3 nitrogen and oxygen atoms in total. The number of fused-ring (bicyclic) bond motifs is 4. The number of aromatic nitrogens is 1. The molecule has 0 atom stereocenters. The Kier molecular flexibility index (Phi) is 3.53. The summed E-state index contributed by atoms with van der Waals surface area (Å²) in [5.41, 5.74) is 7.01. The van der Waals surface area contributed by atoms with Gasteiger partial charge in [0, 0.05) is 16.3 Å². The maximum absolute atomic E-state index is 6.02. The van der Waals surface area contributed by atoms with Gasteiger partial charge in [-0.15, -0.1) is 0 Å². The number of para-hydroxylation sites is 3. The maximum Gasteiger partial charge on any atom is 0.227 e. The van der Waals surface area contributed by atoms with E-state index < -0.39 is 0 Å². The summed E-state index contributed by atoms with van der Waals surface area (Å²) in [4.78, 5) is 4.57. The molecule has 6 rings (SSSR count). The van der Waals surface area contributed by atoms with Crippen LogP contribution in [0.25, 0.3) is 44.5 Å². The highest BCUT2D eigenvalue weighted by atomic mass is 16.3. The number of hydrogen-bond donors (Lipinski definition) is 0. The van der Waals surface area contributed by atoms with Gasteiger partial charge in [-0.25, -0.2) is 4.98 Å². The summed E-state index contributed by atoms with van der Waals surface area (Å²) in [6, 6.07) is 30.9. The van der Waals surface area contributed by atoms with Crippen molar-refractivity contribution in [3.63, 3.8) is 0 Å². The smallest absolute Gasteiger partial charge is 0.227 e. The zero-order chi connectivity index (χ0) is 19.2. The first-order chi connectivity index (χ1) is 14.3. The Morgan fingerprint density at radius 1 is 0.586 bits per heavy atom. The first-order valence-electron chi connectivity index (χ1n) is 9.68. The predicted octanol–water partition coefficient (Wildman–Crippen LogP) is 6.99. The number of hydrogen-bond acceptors (Lipinski definition) is 3. The summed E-state index contributed by atoms with van der Waals surface area (Å²) in [7, 11) is 0. The lowest BCUT2D eigenvalue weighted by Gasteiger charge is -2.03. The average molecular weight is 375 g/mol. The Labute approximate surface area is 167 Å². The first kappa shape index (κ1) is 16.1. The van der Waals surface area contributed by atoms with E-state index in [4.69, 9.17) is 8.83 Å². The fourth-order valence-electron chi connectivity index (χ4n) is 3.88. The molecule has 0 saturated heterocycles. The minimum Gasteiger partial charge on any atom is -0.456 e. The zero-order valence-corrected chi connectivity index (χ0v) is 15.6. The van der Waals surface area contributed by atoms with Gasteiger partial charge in [-0.1, -0.05) is 54.6 Å². The van der Waals surface area contributed by atoms with E-state index in [1.807, 2.05) is 42.5 Å². The molecule has 0 radical (unpaired) electrons. The highest BCUT2D eigenvalue weighted by Crippen LogP contribution is 2.30. The Hall–Kier alpha value is -3.85. The minimum absolute atomic E-state index is 0.654. The standard InChI is InChI=1S/C26H17NO2/c1-3-7-23-20(5-1)21-14-11-18(16-25(21)28-23)15-17-9-12-19(13-10-17)26-27-22-6-2-4-8-24(22)29-26/h1-14,16H,15H2. The van der Waals surface area contributed by atoms with E-state index in [0.29, 0.717) is 5.89 Å². The Morgan fingerprint density at radius 3 is 2.17 bits per heavy atom. The van der Waals surface area contributed by atoms with Gasteiger partial charge < -0.3 is 8.83 Å². The lowest BCUT2D eigenvalue weighted by molar-refractivity contribution is 0.620. The topological polar surface area (TPSA) is 39.2 Å². The Bertz CT molecular complexity index is 1440. The largest absolute Gasteiger partial charge is 0.456 e. The van der Waals surface area contributed by atoms with Crippen molar-refractivity contribution >= 4 is 33.0 Å². The number of rotatable bonds is 3. The van der Waals surface area contributed by atoms with Crippen LogP contribution >= 0.6 is 0 Å². The van der Waals surface area contributed by atoms with E-state index in [1.165, 1.54) is 11.1 Å². The SMILES string of the molecule is c1ccc2oc(-c3ccc(Cc4ccc5c(c4)oc4ccccc45)cc3)nc2c1. The highest BCUT2D eigenvalue weighted by molar-refractivity contribution is 6.04. The monoisotopic (exact) mass is 375 g/mol. The van der Waals surface area contributed by atoms with Crippen molar-refractivity contribution in [3.8, 4) is 11.5 Å². The summed E-state index contributed by atoms with van der Waals surface area (Å²) in [5, 5.41) is 2.33. The second kappa shape index (κ2) is 6.35. The molecule has 0 saturated carbocycles. The molecule has 3 heteroatoms. The summed E-state index contributed by atoms with van der Waals surface area (Å²) < 4.78 is 11.9. The van der Waals surface area contributed by atoms with Crippen LogP contribution in [0.5, 0.6) is 0 Å². The number of oxazole rings is 1. The summed E-state index contributed by atoms with van der Waals surface area (Å²) in [5.74, 6) is 0.654. The van der Waals surface area contributed by atoms with Gasteiger partial charge in [0.05, 0.1) is 0 Å². The molecule has 0 aliphatic carbocycles. The Balaban J connectivity index is 1.29. The lowest BCUT2D eigenvalue weighted by Crippen LogP contribution is -1.88. The number of furan rings is 1. The molecule has 0 N–H and O–H groups in total. The van der Waals surface area contributed by atoms with Crippen molar-refractivity contribution in [2.24, 2.45) is 0 Å². The van der Waals surface area contributed by atoms with Gasteiger partial charge in [0.1, 0.15) is 16.7 Å². The van der Waals surface area contributed by atoms with E-state index in [0.717, 1.165) is 45.0 Å². The van der Waals surface area contributed by atoms with Crippen molar-refractivity contribution in [2.45, 2.75) is 6.42 Å². The summed E-state index contributed by atoms with van der Waals surface area (Å²) in [6.45, 7) is 0. The molecule has 29 heavy (non-hydrogen) atoms. The van der Waals surface area contributed by atoms with Crippen LogP contribution in [0.3, 0.4) is 0 Å². The fraction of sp³-hybridized carbons (Fsp3) is 0.0385. The van der Waals surface area contributed by atoms with Crippen molar-refractivity contribution in [1.82, 2.24) is 4.98 Å². The van der Waals surface area contributed by atoms with Gasteiger partial charge in [-0.3, -0.25) is 0 Å². The minimum atomic E-state index is 0.654. The molecule has 0 aliphatic rings. The highest BCUT2D eigenvalue weighted by Gasteiger charge is 2.09. The average Bonchev–Trinajstić information content (AvgIpc) is 3.35. The van der Waals surface area contributed by atoms with Crippen LogP contribution in [-0.2, 0) is 6.42 Å². The van der Waals surface area contributed by atoms with E-state index in [1.54, 1.807) is 0 Å². The van der Waals surface area contributed by atoms with E-state index >= 15 is 0 Å². The normalized spacial score (nSPS) is 11.6. The molecule has 6 aromatic rings. The molecular weight excluding hydrogens is 358 g/mol. The molecule has 4 aromatic carbocycles. The van der Waals surface area contributed by atoms with E-state index in [2.05, 4.69) is 53.5 Å². The van der Waals surface area contributed by atoms with Gasteiger partial charge in [-0.2, -0.15) is 0 Å². The van der Waals surface area contributed by atoms with Gasteiger partial charge in [0.15, 0.2) is 5.58 Å². The molecule has 0 bridgehead atoms. The second-order valence-electron chi connectivity index (χ2n) is 7.29. The summed E-state index contributed by atoms with van der Waals surface area (Å²) >= 11 is 0. The van der Waals surface area contributed by atoms with Gasteiger partial charge >= 0.3 is 0 Å². The van der Waals surface area contributed by atoms with Crippen molar-refractivity contribution in [1.29, 1.82) is 0 Å². The fourth-order valence-corrected chi connectivity index (χ4v) is 3.88. The maximum atomic E-state index is 6.02. The molecule has 2 heterocycles. The van der Waals surface area contributed by atoms with Gasteiger partial charge in [-0.05, 0) is 53.9 Å². The third-order valence-corrected chi connectivity index (χ3v) is 5.35. The molecule has 138 valence electrons. The van der Waals surface area contributed by atoms with Crippen molar-refractivity contribution in [3.05, 3.63) is 102 Å². The van der Waals surface area contributed by atoms with E-state index in [9.17, 15) is 0 Å². The molecular formula is C26H17NO2. The third kappa shape index (κ3) is 2.79. The second-order valence-corrected chi connectivity index (χ2v) is 7.29. The van der Waals surface area contributed by atoms with Gasteiger partial charge in [0.25, 0.3) is 0 Å². The molecule has 0 fully saturated rings. The molecule has 0 unspecified atom stereocenters. The van der Waals surface area contributed by atoms with Crippen LogP contribution < -0.4 is 0 Å². The lowest BCUT2D eigenvalue weighted by atomic mass is 10.0. The first-order valence-corrected chi connectivity index (χ1v) is 9.68. The van der Waals surface area contributed by atoms with Crippen LogP contribution in [0.4, 0.5) is 0 Å². The van der Waals surface area contributed by atoms with Crippen LogP contribution in [0.15, 0.2) is 99.8 Å². The van der Waals surface area contributed by atoms with Crippen LogP contribution in [0.1, 0.15) is 11.1 Å². The van der Waals surface area contributed by atoms with Crippen LogP contribution in [0.2, 0.25) is 0 Å². The molecule has 0 amide bonds. The Morgan fingerprint density at radius 2 is 1.31 bits per heavy atom. The third-order valence-electron chi connectivity index (χ3n) is 5.35. The van der Waals surface area contributed by atoms with Crippen LogP contribution in [0, 0.1) is 0 Å². The number of benzene rings is 4.